The number of fused-ring (bicyclic) bond motifs is 1. The van der Waals surface area contributed by atoms with Gasteiger partial charge in [0, 0.05) is 11.9 Å². The molecular weight excluding hydrogens is 198 g/mol. The molecule has 1 aromatic carbocycles. The number of hydrogen-bond donors (Lipinski definition) is 0. The lowest BCUT2D eigenvalue weighted by Crippen LogP contribution is -1.93. The molecule has 0 aliphatic carbocycles. The van der Waals surface area contributed by atoms with Gasteiger partial charge in [0.15, 0.2) is 5.65 Å². The summed E-state index contributed by atoms with van der Waals surface area (Å²) in [4.78, 5) is 8.66. The van der Waals surface area contributed by atoms with Gasteiger partial charge in [0.25, 0.3) is 0 Å². The van der Waals surface area contributed by atoms with Crippen molar-refractivity contribution < 1.29 is 0 Å². The van der Waals surface area contributed by atoms with Crippen LogP contribution in [0.1, 0.15) is 5.56 Å². The largest absolute Gasteiger partial charge is 0.283 e. The maximum Gasteiger partial charge on any atom is 0.164 e. The summed E-state index contributed by atoms with van der Waals surface area (Å²) in [5.41, 5.74) is 4.15. The lowest BCUT2D eigenvalue weighted by Gasteiger charge is -2.03. The van der Waals surface area contributed by atoms with Crippen molar-refractivity contribution in [3.63, 3.8) is 0 Å². The fraction of sp³-hybridized carbons (Fsp3) is 0.0769. The third-order valence-corrected chi connectivity index (χ3v) is 2.62. The fourth-order valence-corrected chi connectivity index (χ4v) is 1.74. The summed E-state index contributed by atoms with van der Waals surface area (Å²) in [6.07, 6.45) is 3.59. The second kappa shape index (κ2) is 3.45. The lowest BCUT2D eigenvalue weighted by atomic mass is 10.2. The van der Waals surface area contributed by atoms with Gasteiger partial charge in [0.1, 0.15) is 11.8 Å². The minimum Gasteiger partial charge on any atom is -0.283 e. The van der Waals surface area contributed by atoms with Crippen molar-refractivity contribution in [3.05, 3.63) is 54.5 Å². The quantitative estimate of drug-likeness (QED) is 0.617. The minimum absolute atomic E-state index is 0.895. The SMILES string of the molecule is Cc1ccc(-n2cnc3cccnc32)cc1. The Balaban J connectivity index is 2.22. The zero-order chi connectivity index (χ0) is 11.0. The van der Waals surface area contributed by atoms with E-state index >= 15 is 0 Å². The van der Waals surface area contributed by atoms with Gasteiger partial charge >= 0.3 is 0 Å². The summed E-state index contributed by atoms with van der Waals surface area (Å²) in [5.74, 6) is 0. The van der Waals surface area contributed by atoms with E-state index in [2.05, 4.69) is 41.2 Å². The van der Waals surface area contributed by atoms with Crippen molar-refractivity contribution in [2.75, 3.05) is 0 Å². The first-order chi connectivity index (χ1) is 7.84. The molecule has 0 spiro atoms. The van der Waals surface area contributed by atoms with Crippen LogP contribution in [0.25, 0.3) is 16.9 Å². The standard InChI is InChI=1S/C13H11N3/c1-10-4-6-11(7-5-10)16-9-15-12-3-2-8-14-13(12)16/h2-9H,1H3. The van der Waals surface area contributed by atoms with Gasteiger partial charge in [0.2, 0.25) is 0 Å². The van der Waals surface area contributed by atoms with Crippen molar-refractivity contribution in [1.82, 2.24) is 14.5 Å². The summed E-state index contributed by atoms with van der Waals surface area (Å²) in [6, 6.07) is 12.2. The van der Waals surface area contributed by atoms with Crippen LogP contribution in [0, 0.1) is 6.92 Å². The lowest BCUT2D eigenvalue weighted by molar-refractivity contribution is 1.07. The van der Waals surface area contributed by atoms with Crippen molar-refractivity contribution >= 4 is 11.2 Å². The summed E-state index contributed by atoms with van der Waals surface area (Å²) in [5, 5.41) is 0. The zero-order valence-electron chi connectivity index (χ0n) is 8.96. The molecule has 0 saturated heterocycles. The van der Waals surface area contributed by atoms with E-state index in [0.29, 0.717) is 0 Å². The molecular formula is C13H11N3. The highest BCUT2D eigenvalue weighted by atomic mass is 15.1. The average Bonchev–Trinajstić information content (AvgIpc) is 2.74. The summed E-state index contributed by atoms with van der Waals surface area (Å²) in [7, 11) is 0. The van der Waals surface area contributed by atoms with E-state index in [-0.39, 0.29) is 0 Å². The van der Waals surface area contributed by atoms with E-state index in [1.807, 2.05) is 23.0 Å². The molecule has 0 saturated carbocycles. The monoisotopic (exact) mass is 209 g/mol. The molecule has 0 aliphatic rings. The predicted molar refractivity (Wildman–Crippen MR) is 63.6 cm³/mol. The molecule has 0 radical (unpaired) electrons. The number of imidazole rings is 1. The molecule has 0 unspecified atom stereocenters. The second-order valence-electron chi connectivity index (χ2n) is 3.80. The molecule has 3 heteroatoms. The predicted octanol–water partition coefficient (Wildman–Crippen LogP) is 2.73. The van der Waals surface area contributed by atoms with Crippen LogP contribution in [0.4, 0.5) is 0 Å². The fourth-order valence-electron chi connectivity index (χ4n) is 1.74. The number of aromatic nitrogens is 3. The van der Waals surface area contributed by atoms with Gasteiger partial charge in [-0.2, -0.15) is 0 Å². The Bertz CT molecular complexity index is 623. The van der Waals surface area contributed by atoms with E-state index < -0.39 is 0 Å². The topological polar surface area (TPSA) is 30.7 Å². The van der Waals surface area contributed by atoms with E-state index in [0.717, 1.165) is 16.9 Å². The molecule has 3 nitrogen and oxygen atoms in total. The molecule has 0 amide bonds. The molecule has 3 rings (SSSR count). The molecule has 3 aromatic rings. The number of hydrogen-bond acceptors (Lipinski definition) is 2. The molecule has 0 atom stereocenters. The zero-order valence-corrected chi connectivity index (χ0v) is 8.96. The van der Waals surface area contributed by atoms with Gasteiger partial charge < -0.3 is 0 Å². The van der Waals surface area contributed by atoms with Gasteiger partial charge in [-0.1, -0.05) is 17.7 Å². The molecule has 0 fully saturated rings. The molecule has 2 aromatic heterocycles. The van der Waals surface area contributed by atoms with Crippen LogP contribution >= 0.6 is 0 Å². The summed E-state index contributed by atoms with van der Waals surface area (Å²) < 4.78 is 1.99. The van der Waals surface area contributed by atoms with Crippen LogP contribution in [0.15, 0.2) is 48.9 Å². The number of nitrogens with zero attached hydrogens (tertiary/aromatic N) is 3. The molecule has 78 valence electrons. The molecule has 16 heavy (non-hydrogen) atoms. The van der Waals surface area contributed by atoms with Crippen molar-refractivity contribution in [3.8, 4) is 5.69 Å². The Morgan fingerprint density at radius 2 is 1.81 bits per heavy atom. The highest BCUT2D eigenvalue weighted by Crippen LogP contribution is 2.15. The Hall–Kier alpha value is -2.16. The molecule has 0 bridgehead atoms. The van der Waals surface area contributed by atoms with Crippen LogP contribution in [0.5, 0.6) is 0 Å². The van der Waals surface area contributed by atoms with E-state index in [9.17, 15) is 0 Å². The van der Waals surface area contributed by atoms with E-state index in [1.165, 1.54) is 5.56 Å². The Kier molecular flexibility index (Phi) is 1.96. The van der Waals surface area contributed by atoms with Crippen LogP contribution in [0.3, 0.4) is 0 Å². The first-order valence-electron chi connectivity index (χ1n) is 5.20. The third kappa shape index (κ3) is 1.37. The number of benzene rings is 1. The van der Waals surface area contributed by atoms with Crippen molar-refractivity contribution in [2.45, 2.75) is 6.92 Å². The van der Waals surface area contributed by atoms with Crippen molar-refractivity contribution in [2.24, 2.45) is 0 Å². The highest BCUT2D eigenvalue weighted by molar-refractivity contribution is 5.72. The first kappa shape index (κ1) is 9.09. The van der Waals surface area contributed by atoms with Gasteiger partial charge in [-0.3, -0.25) is 4.57 Å². The van der Waals surface area contributed by atoms with Crippen LogP contribution in [0.2, 0.25) is 0 Å². The normalized spacial score (nSPS) is 10.8. The molecule has 0 N–H and O–H groups in total. The van der Waals surface area contributed by atoms with Crippen LogP contribution in [-0.4, -0.2) is 14.5 Å². The van der Waals surface area contributed by atoms with Gasteiger partial charge in [0.05, 0.1) is 0 Å². The highest BCUT2D eigenvalue weighted by Gasteiger charge is 2.03. The Labute approximate surface area is 93.4 Å². The maximum absolute atomic E-state index is 4.34. The van der Waals surface area contributed by atoms with E-state index in [1.54, 1.807) is 6.20 Å². The van der Waals surface area contributed by atoms with Crippen molar-refractivity contribution in [1.29, 1.82) is 0 Å². The summed E-state index contributed by atoms with van der Waals surface area (Å²) in [6.45, 7) is 2.08. The minimum atomic E-state index is 0.895. The summed E-state index contributed by atoms with van der Waals surface area (Å²) >= 11 is 0. The first-order valence-corrected chi connectivity index (χ1v) is 5.20. The van der Waals surface area contributed by atoms with Crippen LogP contribution < -0.4 is 0 Å². The van der Waals surface area contributed by atoms with Gasteiger partial charge in [-0.15, -0.1) is 0 Å². The second-order valence-corrected chi connectivity index (χ2v) is 3.80. The third-order valence-electron chi connectivity index (χ3n) is 2.62. The smallest absolute Gasteiger partial charge is 0.164 e. The molecule has 0 aliphatic heterocycles. The average molecular weight is 209 g/mol. The molecule has 2 heterocycles. The Morgan fingerprint density at radius 3 is 2.62 bits per heavy atom. The Morgan fingerprint density at radius 1 is 1.00 bits per heavy atom. The number of rotatable bonds is 1. The van der Waals surface area contributed by atoms with E-state index in [4.69, 9.17) is 0 Å². The number of aryl methyl sites for hydroxylation is 1. The van der Waals surface area contributed by atoms with Gasteiger partial charge in [-0.25, -0.2) is 9.97 Å². The maximum atomic E-state index is 4.34. The van der Waals surface area contributed by atoms with Gasteiger partial charge in [-0.05, 0) is 31.2 Å². The van der Waals surface area contributed by atoms with Crippen LogP contribution in [-0.2, 0) is 0 Å². The number of pyridine rings is 1.